The molecule has 1 amide bonds. The first-order chi connectivity index (χ1) is 14.1. The van der Waals surface area contributed by atoms with Crippen molar-refractivity contribution >= 4 is 28.9 Å². The molecular weight excluding hydrogens is 421 g/mol. The third kappa shape index (κ3) is 5.01. The fourth-order valence-electron chi connectivity index (χ4n) is 3.98. The van der Waals surface area contributed by atoms with Gasteiger partial charge in [0.15, 0.2) is 0 Å². The summed E-state index contributed by atoms with van der Waals surface area (Å²) in [5.41, 5.74) is 0.746. The predicted molar refractivity (Wildman–Crippen MR) is 105 cm³/mol. The van der Waals surface area contributed by atoms with Gasteiger partial charge in [-0.15, -0.1) is 11.3 Å². The van der Waals surface area contributed by atoms with E-state index in [1.807, 2.05) is 18.1 Å². The molecule has 2 aliphatic heterocycles. The standard InChI is InChI=1S/C17H22N4OS.C2HF3O2/c1-19-11-14(10-18-19)21-8-6-17(16(21)22)5-3-7-20(13-17)12-15-4-2-9-23-15;3-2(4,5)1(6)7/h2,4,9-11H,3,5-8,12-13H2,1H3;(H,6,7). The lowest BCUT2D eigenvalue weighted by molar-refractivity contribution is -0.192. The number of hydrogen-bond donors (Lipinski definition) is 1. The molecule has 0 saturated carbocycles. The third-order valence-electron chi connectivity index (χ3n) is 5.37. The van der Waals surface area contributed by atoms with Crippen LogP contribution < -0.4 is 4.90 Å². The van der Waals surface area contributed by atoms with Crippen molar-refractivity contribution in [2.75, 3.05) is 24.5 Å². The lowest BCUT2D eigenvalue weighted by Crippen LogP contribution is -2.47. The van der Waals surface area contributed by atoms with Gasteiger partial charge in [-0.2, -0.15) is 18.3 Å². The third-order valence-corrected chi connectivity index (χ3v) is 6.23. The minimum absolute atomic E-state index is 0.189. The van der Waals surface area contributed by atoms with Crippen molar-refractivity contribution in [1.29, 1.82) is 0 Å². The Bertz CT molecular complexity index is 884. The Morgan fingerprint density at radius 1 is 1.33 bits per heavy atom. The number of carboxylic acids is 1. The molecule has 4 heterocycles. The Labute approximate surface area is 175 Å². The molecule has 1 spiro atoms. The summed E-state index contributed by atoms with van der Waals surface area (Å²) in [5, 5.41) is 13.5. The number of aryl methyl sites for hydroxylation is 1. The maximum Gasteiger partial charge on any atom is 0.490 e. The number of aromatic nitrogens is 2. The smallest absolute Gasteiger partial charge is 0.475 e. The zero-order valence-electron chi connectivity index (χ0n) is 16.4. The van der Waals surface area contributed by atoms with E-state index in [-0.39, 0.29) is 5.41 Å². The number of nitrogens with zero attached hydrogens (tertiary/aromatic N) is 4. The number of hydrogen-bond acceptors (Lipinski definition) is 5. The fourth-order valence-corrected chi connectivity index (χ4v) is 4.72. The van der Waals surface area contributed by atoms with Crippen molar-refractivity contribution < 1.29 is 27.9 Å². The van der Waals surface area contributed by atoms with Crippen molar-refractivity contribution in [2.45, 2.75) is 32.0 Å². The zero-order chi connectivity index (χ0) is 21.9. The van der Waals surface area contributed by atoms with Crippen LogP contribution in [0.2, 0.25) is 0 Å². The van der Waals surface area contributed by atoms with Crippen LogP contribution in [0, 0.1) is 5.41 Å². The Kier molecular flexibility index (Phi) is 6.51. The van der Waals surface area contributed by atoms with E-state index >= 15 is 0 Å². The molecule has 2 aromatic rings. The first-order valence-corrected chi connectivity index (χ1v) is 10.3. The van der Waals surface area contributed by atoms with Crippen molar-refractivity contribution in [2.24, 2.45) is 12.5 Å². The van der Waals surface area contributed by atoms with Gasteiger partial charge in [-0.25, -0.2) is 4.79 Å². The number of rotatable bonds is 3. The molecule has 0 aliphatic carbocycles. The number of carbonyl (C=O) groups is 2. The molecule has 2 aromatic heterocycles. The van der Waals surface area contributed by atoms with Crippen LogP contribution in [0.3, 0.4) is 0 Å². The average Bonchev–Trinajstić information content (AvgIpc) is 3.39. The molecule has 0 radical (unpaired) electrons. The number of carboxylic acid groups (broad SMARTS) is 1. The quantitative estimate of drug-likeness (QED) is 0.787. The number of likely N-dealkylation sites (tertiary alicyclic amines) is 1. The Morgan fingerprint density at radius 2 is 2.07 bits per heavy atom. The normalized spacial score (nSPS) is 22.3. The highest BCUT2D eigenvalue weighted by Gasteiger charge is 2.49. The first-order valence-electron chi connectivity index (χ1n) is 9.46. The van der Waals surface area contributed by atoms with Gasteiger partial charge in [0.2, 0.25) is 5.91 Å². The van der Waals surface area contributed by atoms with Crippen LogP contribution in [-0.4, -0.2) is 57.5 Å². The molecule has 2 fully saturated rings. The van der Waals surface area contributed by atoms with Gasteiger partial charge in [-0.3, -0.25) is 14.4 Å². The van der Waals surface area contributed by atoms with Crippen LogP contribution in [-0.2, 0) is 23.2 Å². The molecule has 2 saturated heterocycles. The number of anilines is 1. The molecule has 0 bridgehead atoms. The number of aliphatic carboxylic acids is 1. The second-order valence-corrected chi connectivity index (χ2v) is 8.59. The van der Waals surface area contributed by atoms with Crippen LogP contribution in [0.25, 0.3) is 0 Å². The summed E-state index contributed by atoms with van der Waals surface area (Å²) in [5.74, 6) is -2.46. The van der Waals surface area contributed by atoms with E-state index in [1.165, 1.54) is 4.88 Å². The van der Waals surface area contributed by atoms with Crippen molar-refractivity contribution in [1.82, 2.24) is 14.7 Å². The molecule has 1 unspecified atom stereocenters. The van der Waals surface area contributed by atoms with E-state index in [9.17, 15) is 18.0 Å². The summed E-state index contributed by atoms with van der Waals surface area (Å²) in [6.07, 6.45) is 1.73. The van der Waals surface area contributed by atoms with Crippen LogP contribution in [0.15, 0.2) is 29.9 Å². The molecule has 4 rings (SSSR count). The molecule has 11 heteroatoms. The van der Waals surface area contributed by atoms with Crippen LogP contribution in [0.1, 0.15) is 24.1 Å². The van der Waals surface area contributed by atoms with Gasteiger partial charge >= 0.3 is 12.1 Å². The maximum atomic E-state index is 13.1. The van der Waals surface area contributed by atoms with Gasteiger partial charge in [0.1, 0.15) is 0 Å². The molecular formula is C19H23F3N4O3S. The summed E-state index contributed by atoms with van der Waals surface area (Å²) in [6.45, 7) is 3.78. The van der Waals surface area contributed by atoms with E-state index in [4.69, 9.17) is 9.90 Å². The second kappa shape index (κ2) is 8.76. The molecule has 2 aliphatic rings. The van der Waals surface area contributed by atoms with E-state index in [0.29, 0.717) is 5.91 Å². The van der Waals surface area contributed by atoms with Gasteiger partial charge in [0.05, 0.1) is 17.3 Å². The van der Waals surface area contributed by atoms with Crippen LogP contribution in [0.4, 0.5) is 18.9 Å². The van der Waals surface area contributed by atoms with Crippen molar-refractivity contribution in [3.8, 4) is 0 Å². The number of thiophene rings is 1. The Morgan fingerprint density at radius 3 is 2.63 bits per heavy atom. The average molecular weight is 444 g/mol. The summed E-state index contributed by atoms with van der Waals surface area (Å²) in [6, 6.07) is 4.29. The van der Waals surface area contributed by atoms with Gasteiger partial charge < -0.3 is 10.0 Å². The number of piperidine rings is 1. The highest BCUT2D eigenvalue weighted by molar-refractivity contribution is 7.09. The number of amides is 1. The number of alkyl halides is 3. The first kappa shape index (κ1) is 22.3. The lowest BCUT2D eigenvalue weighted by Gasteiger charge is -2.38. The number of halogens is 3. The summed E-state index contributed by atoms with van der Waals surface area (Å²) < 4.78 is 33.5. The van der Waals surface area contributed by atoms with Crippen LogP contribution >= 0.6 is 11.3 Å². The second-order valence-electron chi connectivity index (χ2n) is 7.56. The number of carbonyl (C=O) groups excluding carboxylic acids is 1. The molecule has 1 atom stereocenters. The van der Waals surface area contributed by atoms with Gasteiger partial charge in [0.25, 0.3) is 0 Å². The van der Waals surface area contributed by atoms with Gasteiger partial charge in [-0.1, -0.05) is 6.07 Å². The topological polar surface area (TPSA) is 78.7 Å². The van der Waals surface area contributed by atoms with E-state index < -0.39 is 12.1 Å². The Balaban J connectivity index is 0.000000318. The summed E-state index contributed by atoms with van der Waals surface area (Å²) in [4.78, 5) is 27.8. The van der Waals surface area contributed by atoms with Crippen molar-refractivity contribution in [3.05, 3.63) is 34.8 Å². The highest BCUT2D eigenvalue weighted by atomic mass is 32.1. The Hall–Kier alpha value is -2.40. The van der Waals surface area contributed by atoms with Gasteiger partial charge in [0, 0.05) is 37.8 Å². The summed E-state index contributed by atoms with van der Waals surface area (Å²) >= 11 is 1.80. The minimum atomic E-state index is -5.08. The molecule has 1 N–H and O–H groups in total. The SMILES string of the molecule is Cn1cc(N2CCC3(CCCN(Cc4cccs4)C3)C2=O)cn1.O=C(O)C(F)(F)F. The minimum Gasteiger partial charge on any atom is -0.475 e. The molecule has 7 nitrogen and oxygen atoms in total. The highest BCUT2D eigenvalue weighted by Crippen LogP contribution is 2.42. The maximum absolute atomic E-state index is 13.1. The van der Waals surface area contributed by atoms with Crippen molar-refractivity contribution in [3.63, 3.8) is 0 Å². The fraction of sp³-hybridized carbons (Fsp3) is 0.526. The summed E-state index contributed by atoms with van der Waals surface area (Å²) in [7, 11) is 1.89. The molecule has 30 heavy (non-hydrogen) atoms. The van der Waals surface area contributed by atoms with E-state index in [2.05, 4.69) is 27.5 Å². The molecule has 164 valence electrons. The van der Waals surface area contributed by atoms with Crippen LogP contribution in [0.5, 0.6) is 0 Å². The lowest BCUT2D eigenvalue weighted by atomic mass is 9.78. The monoisotopic (exact) mass is 444 g/mol. The van der Waals surface area contributed by atoms with E-state index in [0.717, 1.165) is 51.1 Å². The predicted octanol–water partition coefficient (Wildman–Crippen LogP) is 3.13. The van der Waals surface area contributed by atoms with Gasteiger partial charge in [-0.05, 0) is 37.3 Å². The zero-order valence-corrected chi connectivity index (χ0v) is 17.2. The van der Waals surface area contributed by atoms with E-state index in [1.54, 1.807) is 22.2 Å². The molecule has 0 aromatic carbocycles. The largest absolute Gasteiger partial charge is 0.490 e.